The number of carboxylic acid groups (broad SMARTS) is 1. The summed E-state index contributed by atoms with van der Waals surface area (Å²) < 4.78 is 27.0. The van der Waals surface area contributed by atoms with Gasteiger partial charge >= 0.3 is 5.97 Å². The van der Waals surface area contributed by atoms with Gasteiger partial charge in [-0.3, -0.25) is 4.79 Å². The number of hydrogen-bond donors (Lipinski definition) is 1. The van der Waals surface area contributed by atoms with Crippen LogP contribution in [0.15, 0.2) is 40.6 Å². The van der Waals surface area contributed by atoms with Crippen LogP contribution in [0.25, 0.3) is 0 Å². The fourth-order valence-corrected chi connectivity index (χ4v) is 5.39. The molecule has 1 aliphatic rings. The molecule has 8 heteroatoms. The summed E-state index contributed by atoms with van der Waals surface area (Å²) in [7, 11) is -3.97. The topological polar surface area (TPSA) is 98.5 Å². The highest BCUT2D eigenvalue weighted by atomic mass is 32.2. The van der Waals surface area contributed by atoms with Crippen molar-refractivity contribution in [2.45, 2.75) is 23.8 Å². The fraction of sp³-hybridized carbons (Fsp3) is 0.250. The van der Waals surface area contributed by atoms with E-state index in [1.807, 2.05) is 6.07 Å². The zero-order valence-corrected chi connectivity index (χ0v) is 14.2. The second-order valence-electron chi connectivity index (χ2n) is 5.39. The Hall–Kier alpha value is -2.21. The summed E-state index contributed by atoms with van der Waals surface area (Å²) in [5.74, 6) is -1.19. The van der Waals surface area contributed by atoms with E-state index in [0.717, 1.165) is 9.18 Å². The summed E-state index contributed by atoms with van der Waals surface area (Å²) in [5, 5.41) is 20.1. The average Bonchev–Trinajstić information content (AvgIpc) is 3.02. The minimum Gasteiger partial charge on any atom is -0.480 e. The number of thiophene rings is 1. The molecule has 2 heterocycles. The maximum Gasteiger partial charge on any atom is 0.326 e. The van der Waals surface area contributed by atoms with E-state index in [2.05, 4.69) is 0 Å². The van der Waals surface area contributed by atoms with Crippen molar-refractivity contribution in [2.24, 2.45) is 0 Å². The number of nitriles is 1. The lowest BCUT2D eigenvalue weighted by molar-refractivity contribution is -0.142. The van der Waals surface area contributed by atoms with E-state index >= 15 is 0 Å². The van der Waals surface area contributed by atoms with Gasteiger partial charge in [-0.25, -0.2) is 8.42 Å². The summed E-state index contributed by atoms with van der Waals surface area (Å²) >= 11 is 1.44. The number of hydrogen-bond acceptors (Lipinski definition) is 5. The zero-order valence-electron chi connectivity index (χ0n) is 12.5. The van der Waals surface area contributed by atoms with Gasteiger partial charge in [0.1, 0.15) is 6.04 Å². The smallest absolute Gasteiger partial charge is 0.326 e. The monoisotopic (exact) mass is 362 g/mol. The summed E-state index contributed by atoms with van der Waals surface area (Å²) in [5.41, 5.74) is 1.12. The molecule has 0 saturated carbocycles. The molecular weight excluding hydrogens is 348 g/mol. The van der Waals surface area contributed by atoms with Crippen LogP contribution in [0, 0.1) is 11.3 Å². The van der Waals surface area contributed by atoms with E-state index in [0.29, 0.717) is 17.5 Å². The molecule has 1 aromatic carbocycles. The third-order valence-corrected chi connectivity index (χ3v) is 6.80. The third-order valence-electron chi connectivity index (χ3n) is 3.94. The Balaban J connectivity index is 2.05. The molecule has 1 aromatic heterocycles. The van der Waals surface area contributed by atoms with Crippen molar-refractivity contribution < 1.29 is 18.3 Å². The largest absolute Gasteiger partial charge is 0.480 e. The van der Waals surface area contributed by atoms with Crippen molar-refractivity contribution in [3.05, 3.63) is 51.7 Å². The highest BCUT2D eigenvalue weighted by Gasteiger charge is 2.41. The van der Waals surface area contributed by atoms with Crippen LogP contribution in [-0.4, -0.2) is 30.3 Å². The van der Waals surface area contributed by atoms with Gasteiger partial charge in [0.25, 0.3) is 0 Å². The number of carboxylic acids is 1. The maximum absolute atomic E-state index is 13.0. The Labute approximate surface area is 143 Å². The highest BCUT2D eigenvalue weighted by molar-refractivity contribution is 7.89. The van der Waals surface area contributed by atoms with Crippen molar-refractivity contribution in [1.29, 1.82) is 5.26 Å². The summed E-state index contributed by atoms with van der Waals surface area (Å²) in [6, 6.07) is 8.53. The number of nitrogens with zero attached hydrogens (tertiary/aromatic N) is 2. The normalized spacial score (nSPS) is 17.9. The Morgan fingerprint density at radius 1 is 1.42 bits per heavy atom. The molecule has 0 spiro atoms. The van der Waals surface area contributed by atoms with E-state index in [-0.39, 0.29) is 17.9 Å². The van der Waals surface area contributed by atoms with Gasteiger partial charge < -0.3 is 5.11 Å². The number of carbonyl (C=O) groups is 1. The predicted octanol–water partition coefficient (Wildman–Crippen LogP) is 2.19. The Kier molecular flexibility index (Phi) is 4.41. The van der Waals surface area contributed by atoms with Crippen molar-refractivity contribution >= 4 is 27.3 Å². The number of benzene rings is 1. The van der Waals surface area contributed by atoms with Gasteiger partial charge in [-0.2, -0.15) is 9.57 Å². The molecule has 0 saturated heterocycles. The second kappa shape index (κ2) is 6.36. The van der Waals surface area contributed by atoms with E-state index in [4.69, 9.17) is 5.26 Å². The fourth-order valence-electron chi connectivity index (χ4n) is 2.85. The molecule has 3 rings (SSSR count). The van der Waals surface area contributed by atoms with E-state index in [1.165, 1.54) is 23.5 Å². The molecular formula is C16H14N2O4S2. The maximum atomic E-state index is 13.0. The van der Waals surface area contributed by atoms with Crippen molar-refractivity contribution in [1.82, 2.24) is 4.31 Å². The van der Waals surface area contributed by atoms with Crippen LogP contribution >= 0.6 is 11.3 Å². The van der Waals surface area contributed by atoms with Gasteiger partial charge in [-0.05, 0) is 41.1 Å². The van der Waals surface area contributed by atoms with Crippen molar-refractivity contribution in [3.8, 4) is 6.07 Å². The van der Waals surface area contributed by atoms with Gasteiger partial charge in [-0.15, -0.1) is 11.3 Å². The molecule has 1 unspecified atom stereocenters. The van der Waals surface area contributed by atoms with Crippen LogP contribution in [-0.2, 0) is 27.7 Å². The predicted molar refractivity (Wildman–Crippen MR) is 88.1 cm³/mol. The lowest BCUT2D eigenvalue weighted by Crippen LogP contribution is -2.42. The van der Waals surface area contributed by atoms with Crippen LogP contribution in [0.4, 0.5) is 0 Å². The average molecular weight is 362 g/mol. The minimum atomic E-state index is -3.97. The van der Waals surface area contributed by atoms with Crippen LogP contribution in [0.5, 0.6) is 0 Å². The van der Waals surface area contributed by atoms with E-state index in [1.54, 1.807) is 23.6 Å². The first-order valence-corrected chi connectivity index (χ1v) is 9.54. The molecule has 124 valence electrons. The number of rotatable bonds is 4. The number of fused-ring (bicyclic) bond motifs is 1. The van der Waals surface area contributed by atoms with Gasteiger partial charge in [0.2, 0.25) is 10.0 Å². The Morgan fingerprint density at radius 3 is 2.92 bits per heavy atom. The number of sulfonamides is 1. The number of aliphatic carboxylic acids is 1. The molecule has 2 aromatic rings. The van der Waals surface area contributed by atoms with Gasteiger partial charge in [0, 0.05) is 11.4 Å². The third kappa shape index (κ3) is 2.82. The van der Waals surface area contributed by atoms with Gasteiger partial charge in [0.15, 0.2) is 0 Å². The SMILES string of the molecule is N#CCc1cccc(S(=O)(=O)N2CCc3sccc3C2C(=O)O)c1. The lowest BCUT2D eigenvalue weighted by atomic mass is 10.0. The minimum absolute atomic E-state index is 0.0141. The molecule has 24 heavy (non-hydrogen) atoms. The molecule has 0 amide bonds. The van der Waals surface area contributed by atoms with Gasteiger partial charge in [0.05, 0.1) is 17.4 Å². The summed E-state index contributed by atoms with van der Waals surface area (Å²) in [6.45, 7) is 0.120. The highest BCUT2D eigenvalue weighted by Crippen LogP contribution is 2.37. The second-order valence-corrected chi connectivity index (χ2v) is 8.28. The molecule has 0 fully saturated rings. The standard InChI is InChI=1S/C16H14N2O4S2/c17-7-4-11-2-1-3-12(10-11)24(21,22)18-8-5-14-13(6-9-23-14)15(18)16(19)20/h1-3,6,9-10,15H,4-5,8H2,(H,19,20). The molecule has 0 aliphatic carbocycles. The summed E-state index contributed by atoms with van der Waals surface area (Å²) in [4.78, 5) is 12.7. The van der Waals surface area contributed by atoms with Crippen LogP contribution in [0.1, 0.15) is 22.0 Å². The first kappa shape index (κ1) is 16.6. The van der Waals surface area contributed by atoms with Crippen molar-refractivity contribution in [3.63, 3.8) is 0 Å². The molecule has 1 N–H and O–H groups in total. The van der Waals surface area contributed by atoms with Crippen LogP contribution < -0.4 is 0 Å². The first-order valence-electron chi connectivity index (χ1n) is 7.22. The zero-order chi connectivity index (χ0) is 17.3. The van der Waals surface area contributed by atoms with Crippen molar-refractivity contribution in [2.75, 3.05) is 6.54 Å². The summed E-state index contributed by atoms with van der Waals surface area (Å²) in [6.07, 6.45) is 0.592. The molecule has 0 radical (unpaired) electrons. The first-order chi connectivity index (χ1) is 11.4. The molecule has 1 aliphatic heterocycles. The Bertz CT molecular complexity index is 928. The quantitative estimate of drug-likeness (QED) is 0.899. The Morgan fingerprint density at radius 2 is 2.21 bits per heavy atom. The lowest BCUT2D eigenvalue weighted by Gasteiger charge is -2.32. The van der Waals surface area contributed by atoms with E-state index < -0.39 is 22.0 Å². The van der Waals surface area contributed by atoms with Crippen LogP contribution in [0.3, 0.4) is 0 Å². The van der Waals surface area contributed by atoms with Gasteiger partial charge in [-0.1, -0.05) is 12.1 Å². The van der Waals surface area contributed by atoms with E-state index in [9.17, 15) is 18.3 Å². The molecule has 1 atom stereocenters. The van der Waals surface area contributed by atoms with Crippen LogP contribution in [0.2, 0.25) is 0 Å². The molecule has 6 nitrogen and oxygen atoms in total. The molecule has 0 bridgehead atoms.